The van der Waals surface area contributed by atoms with Gasteiger partial charge in [-0.1, -0.05) is 60.7 Å². The Morgan fingerprint density at radius 1 is 0.913 bits per heavy atom. The zero-order valence-electron chi connectivity index (χ0n) is 13.4. The summed E-state index contributed by atoms with van der Waals surface area (Å²) < 4.78 is 1.04. The van der Waals surface area contributed by atoms with Crippen LogP contribution in [0.3, 0.4) is 0 Å². The first-order valence-corrected chi connectivity index (χ1v) is 9.11. The van der Waals surface area contributed by atoms with Gasteiger partial charge in [0.25, 0.3) is 0 Å². The van der Waals surface area contributed by atoms with E-state index in [2.05, 4.69) is 66.1 Å². The molecule has 2 aromatic carbocycles. The summed E-state index contributed by atoms with van der Waals surface area (Å²) in [7, 11) is 0. The number of benzene rings is 2. The average molecular weight is 328 g/mol. The average Bonchev–Trinajstić information content (AvgIpc) is 2.57. The van der Waals surface area contributed by atoms with Gasteiger partial charge in [0, 0.05) is 6.42 Å². The van der Waals surface area contributed by atoms with Crippen LogP contribution in [-0.2, 0) is 12.8 Å². The first-order valence-electron chi connectivity index (χ1n) is 8.58. The SMILES string of the molecule is ClCC1C(Cc2ccccc2)C[N+]12NCC2Cc1ccccc1. The molecule has 2 saturated heterocycles. The molecule has 120 valence electrons. The van der Waals surface area contributed by atoms with E-state index in [0.29, 0.717) is 18.0 Å². The van der Waals surface area contributed by atoms with Crippen molar-refractivity contribution in [3.63, 3.8) is 0 Å². The molecule has 3 heteroatoms. The smallest absolute Gasteiger partial charge is 0.129 e. The third-order valence-corrected chi connectivity index (χ3v) is 6.07. The second-order valence-electron chi connectivity index (χ2n) is 6.99. The summed E-state index contributed by atoms with van der Waals surface area (Å²) in [5, 5.41) is 0. The first-order chi connectivity index (χ1) is 11.3. The summed E-state index contributed by atoms with van der Waals surface area (Å²) in [6.07, 6.45) is 2.30. The van der Waals surface area contributed by atoms with Gasteiger partial charge in [-0.25, -0.2) is 4.59 Å². The van der Waals surface area contributed by atoms with E-state index >= 15 is 0 Å². The number of rotatable bonds is 5. The molecule has 0 aliphatic carbocycles. The van der Waals surface area contributed by atoms with E-state index in [4.69, 9.17) is 11.6 Å². The Morgan fingerprint density at radius 2 is 1.52 bits per heavy atom. The fraction of sp³-hybridized carbons (Fsp3) is 0.400. The number of hydrogen-bond donors (Lipinski definition) is 1. The molecule has 1 N–H and O–H groups in total. The maximum absolute atomic E-state index is 6.37. The van der Waals surface area contributed by atoms with Gasteiger partial charge in [0.2, 0.25) is 0 Å². The minimum Gasteiger partial charge on any atom is -0.237 e. The molecule has 1 spiro atoms. The zero-order chi connectivity index (χ0) is 15.7. The predicted molar refractivity (Wildman–Crippen MR) is 95.2 cm³/mol. The number of alkyl halides is 1. The molecule has 2 aliphatic rings. The molecule has 2 heterocycles. The van der Waals surface area contributed by atoms with E-state index in [1.807, 2.05) is 0 Å². The largest absolute Gasteiger partial charge is 0.237 e. The maximum Gasteiger partial charge on any atom is 0.129 e. The molecule has 4 atom stereocenters. The van der Waals surface area contributed by atoms with Gasteiger partial charge in [0.05, 0.1) is 18.3 Å². The van der Waals surface area contributed by atoms with Crippen LogP contribution in [0, 0.1) is 5.92 Å². The minimum atomic E-state index is 0.541. The molecule has 2 aromatic rings. The normalized spacial score (nSPS) is 32.3. The highest BCUT2D eigenvalue weighted by Crippen LogP contribution is 2.42. The van der Waals surface area contributed by atoms with Crippen molar-refractivity contribution < 1.29 is 4.59 Å². The lowest BCUT2D eigenvalue weighted by atomic mass is 9.78. The summed E-state index contributed by atoms with van der Waals surface area (Å²) in [5.74, 6) is 1.44. The van der Waals surface area contributed by atoms with Crippen LogP contribution in [-0.4, -0.2) is 35.6 Å². The van der Waals surface area contributed by atoms with Crippen LogP contribution in [0.15, 0.2) is 60.7 Å². The molecule has 0 aromatic heterocycles. The Hall–Kier alpha value is -1.35. The summed E-state index contributed by atoms with van der Waals surface area (Å²) >= 11 is 6.37. The minimum absolute atomic E-state index is 0.541. The lowest BCUT2D eigenvalue weighted by molar-refractivity contribution is -1.09. The van der Waals surface area contributed by atoms with Crippen molar-refractivity contribution in [1.82, 2.24) is 5.43 Å². The topological polar surface area (TPSA) is 12.0 Å². The lowest BCUT2D eigenvalue weighted by Gasteiger charge is -2.65. The van der Waals surface area contributed by atoms with Crippen LogP contribution in [0.25, 0.3) is 0 Å². The highest BCUT2D eigenvalue weighted by atomic mass is 35.5. The monoisotopic (exact) mass is 327 g/mol. The maximum atomic E-state index is 6.37. The van der Waals surface area contributed by atoms with E-state index in [0.717, 1.165) is 29.9 Å². The van der Waals surface area contributed by atoms with E-state index in [9.17, 15) is 0 Å². The van der Waals surface area contributed by atoms with Crippen LogP contribution in [0.1, 0.15) is 11.1 Å². The Balaban J connectivity index is 1.43. The second-order valence-corrected chi connectivity index (χ2v) is 7.30. The van der Waals surface area contributed by atoms with Crippen molar-refractivity contribution in [3.8, 4) is 0 Å². The van der Waals surface area contributed by atoms with Gasteiger partial charge < -0.3 is 0 Å². The van der Waals surface area contributed by atoms with E-state index in [-0.39, 0.29) is 0 Å². The molecule has 0 radical (unpaired) electrons. The molecular formula is C20H24ClN2+. The molecule has 23 heavy (non-hydrogen) atoms. The van der Waals surface area contributed by atoms with E-state index < -0.39 is 0 Å². The van der Waals surface area contributed by atoms with Crippen LogP contribution in [0.4, 0.5) is 0 Å². The van der Waals surface area contributed by atoms with Crippen LogP contribution < -0.4 is 5.43 Å². The number of nitrogens with zero attached hydrogens (tertiary/aromatic N) is 1. The molecule has 2 nitrogen and oxygen atoms in total. The van der Waals surface area contributed by atoms with Gasteiger partial charge in [0.1, 0.15) is 18.6 Å². The van der Waals surface area contributed by atoms with Gasteiger partial charge in [-0.15, -0.1) is 11.6 Å². The first kappa shape index (κ1) is 15.2. The van der Waals surface area contributed by atoms with Crippen molar-refractivity contribution in [3.05, 3.63) is 71.8 Å². The van der Waals surface area contributed by atoms with Gasteiger partial charge in [0.15, 0.2) is 0 Å². The molecule has 2 aliphatic heterocycles. The highest BCUT2D eigenvalue weighted by Gasteiger charge is 2.62. The van der Waals surface area contributed by atoms with Crippen LogP contribution >= 0.6 is 11.6 Å². The van der Waals surface area contributed by atoms with E-state index in [1.54, 1.807) is 0 Å². The standard InChI is InChI=1S/C20H24ClN2/c21-13-20-18(11-16-7-3-1-4-8-16)15-23(20)19(14-22-23)12-17-9-5-2-6-10-17/h1-10,18-20,22H,11-15H2/q+1. The predicted octanol–water partition coefficient (Wildman–Crippen LogP) is 3.41. The Morgan fingerprint density at radius 3 is 2.04 bits per heavy atom. The summed E-state index contributed by atoms with van der Waals surface area (Å²) in [6.45, 7) is 2.32. The summed E-state index contributed by atoms with van der Waals surface area (Å²) in [5.41, 5.74) is 6.58. The Kier molecular flexibility index (Phi) is 4.14. The summed E-state index contributed by atoms with van der Waals surface area (Å²) in [4.78, 5) is 0. The van der Waals surface area contributed by atoms with Crippen molar-refractivity contribution in [2.45, 2.75) is 24.9 Å². The zero-order valence-corrected chi connectivity index (χ0v) is 14.1. The molecule has 4 unspecified atom stereocenters. The number of quaternary nitrogens is 1. The van der Waals surface area contributed by atoms with Gasteiger partial charge in [-0.3, -0.25) is 0 Å². The molecule has 0 saturated carbocycles. The van der Waals surface area contributed by atoms with E-state index in [1.165, 1.54) is 17.7 Å². The van der Waals surface area contributed by atoms with Crippen molar-refractivity contribution >= 4 is 11.6 Å². The third kappa shape index (κ3) is 2.69. The van der Waals surface area contributed by atoms with Crippen LogP contribution in [0.5, 0.6) is 0 Å². The quantitative estimate of drug-likeness (QED) is 0.655. The molecule has 0 bridgehead atoms. The number of hydrogen-bond acceptors (Lipinski definition) is 1. The molecule has 2 fully saturated rings. The molecule has 4 rings (SSSR count). The lowest BCUT2D eigenvalue weighted by Crippen LogP contribution is -2.89. The van der Waals surface area contributed by atoms with Crippen LogP contribution in [0.2, 0.25) is 0 Å². The highest BCUT2D eigenvalue weighted by molar-refractivity contribution is 6.18. The third-order valence-electron chi connectivity index (χ3n) is 5.76. The Bertz CT molecular complexity index is 645. The van der Waals surface area contributed by atoms with Crippen molar-refractivity contribution in [2.75, 3.05) is 19.0 Å². The fourth-order valence-electron chi connectivity index (χ4n) is 4.43. The number of halogens is 1. The van der Waals surface area contributed by atoms with Gasteiger partial charge >= 0.3 is 0 Å². The Labute approximate surface area is 143 Å². The van der Waals surface area contributed by atoms with Crippen molar-refractivity contribution in [2.24, 2.45) is 5.92 Å². The van der Waals surface area contributed by atoms with Gasteiger partial charge in [-0.05, 0) is 17.5 Å². The number of nitrogens with one attached hydrogen (secondary N) is 1. The second kappa shape index (κ2) is 6.27. The van der Waals surface area contributed by atoms with Crippen molar-refractivity contribution in [1.29, 1.82) is 0 Å². The molecular weight excluding hydrogens is 304 g/mol. The molecule has 0 amide bonds. The van der Waals surface area contributed by atoms with Gasteiger partial charge in [-0.2, -0.15) is 5.43 Å². The fourth-order valence-corrected chi connectivity index (χ4v) is 4.93. The summed E-state index contributed by atoms with van der Waals surface area (Å²) in [6, 6.07) is 22.9.